The van der Waals surface area contributed by atoms with Crippen LogP contribution >= 0.6 is 0 Å². The second-order valence-electron chi connectivity index (χ2n) is 12.0. The number of hydrogen-bond donors (Lipinski definition) is 2. The smallest absolute Gasteiger partial charge is 0.261 e. The normalized spacial score (nSPS) is 17.6. The second kappa shape index (κ2) is 15.0. The predicted octanol–water partition coefficient (Wildman–Crippen LogP) is 5.70. The van der Waals surface area contributed by atoms with Crippen LogP contribution in [-0.4, -0.2) is 68.1 Å². The Morgan fingerprint density at radius 2 is 1.70 bits per heavy atom. The van der Waals surface area contributed by atoms with Crippen LogP contribution in [0.3, 0.4) is 0 Å². The van der Waals surface area contributed by atoms with Crippen molar-refractivity contribution in [2.24, 2.45) is 5.92 Å². The topological polar surface area (TPSA) is 108 Å². The number of sulfonamides is 1. The average Bonchev–Trinajstić information content (AvgIpc) is 3.09. The first-order valence-corrected chi connectivity index (χ1v) is 17.0. The molecule has 9 nitrogen and oxygen atoms in total. The molecule has 1 amide bonds. The number of hydrogen-bond acceptors (Lipinski definition) is 7. The first-order valence-electron chi connectivity index (χ1n) is 15.5. The van der Waals surface area contributed by atoms with E-state index >= 15 is 0 Å². The number of nitrogens with one attached hydrogen (secondary N) is 1. The molecule has 0 saturated carbocycles. The van der Waals surface area contributed by atoms with Gasteiger partial charge in [-0.25, -0.2) is 12.8 Å². The molecule has 0 aromatic heterocycles. The number of likely N-dealkylation sites (N-methyl/N-ethyl adjacent to an activating group) is 1. The molecule has 1 heterocycles. The summed E-state index contributed by atoms with van der Waals surface area (Å²) in [6, 6.07) is 26.5. The van der Waals surface area contributed by atoms with Crippen molar-refractivity contribution < 1.29 is 32.2 Å². The van der Waals surface area contributed by atoms with Crippen LogP contribution in [0.15, 0.2) is 102 Å². The van der Waals surface area contributed by atoms with Gasteiger partial charge in [-0.15, -0.1) is 0 Å². The number of carbonyl (C=O) groups is 1. The van der Waals surface area contributed by atoms with Crippen molar-refractivity contribution in [2.75, 3.05) is 31.5 Å². The zero-order valence-electron chi connectivity index (χ0n) is 26.7. The highest BCUT2D eigenvalue weighted by atomic mass is 32.2. The lowest BCUT2D eigenvalue weighted by Gasteiger charge is -2.34. The molecule has 0 bridgehead atoms. The van der Waals surface area contributed by atoms with Gasteiger partial charge in [0.05, 0.1) is 24.0 Å². The summed E-state index contributed by atoms with van der Waals surface area (Å²) >= 11 is 0. The van der Waals surface area contributed by atoms with Crippen molar-refractivity contribution >= 4 is 21.6 Å². The summed E-state index contributed by atoms with van der Waals surface area (Å²) in [5, 5.41) is 9.95. The molecule has 1 aliphatic heterocycles. The molecule has 1 aliphatic rings. The third-order valence-electron chi connectivity index (χ3n) is 8.14. The predicted molar refractivity (Wildman–Crippen MR) is 178 cm³/mol. The lowest BCUT2D eigenvalue weighted by Crippen LogP contribution is -2.47. The van der Waals surface area contributed by atoms with E-state index in [9.17, 15) is 22.7 Å². The maximum absolute atomic E-state index is 13.6. The Labute approximate surface area is 275 Å². The Bertz CT molecular complexity index is 1750. The van der Waals surface area contributed by atoms with Gasteiger partial charge in [-0.05, 0) is 86.3 Å². The Kier molecular flexibility index (Phi) is 10.8. The average molecular weight is 662 g/mol. The van der Waals surface area contributed by atoms with E-state index in [0.717, 1.165) is 29.2 Å². The van der Waals surface area contributed by atoms with E-state index in [2.05, 4.69) is 9.62 Å². The molecule has 5 rings (SSSR count). The fraction of sp³-hybridized carbons (Fsp3) is 0.306. The summed E-state index contributed by atoms with van der Waals surface area (Å²) < 4.78 is 54.4. The summed E-state index contributed by atoms with van der Waals surface area (Å²) in [5.74, 6) is 1.15. The molecule has 0 unspecified atom stereocenters. The van der Waals surface area contributed by atoms with Gasteiger partial charge in [-0.2, -0.15) is 0 Å². The SMILES string of the molecule is C[C@H](CO)N1C[C@H](C)[C@H](CN(C)Cc2ccc(Oc3ccccc3)cc2)Oc2ccc(NS(=O)(=O)c3ccc(F)cc3)cc2CC1=O. The molecule has 47 heavy (non-hydrogen) atoms. The van der Waals surface area contributed by atoms with Crippen LogP contribution in [0.2, 0.25) is 0 Å². The molecule has 3 atom stereocenters. The van der Waals surface area contributed by atoms with Crippen LogP contribution in [0.25, 0.3) is 0 Å². The molecule has 0 fully saturated rings. The molecule has 2 N–H and O–H groups in total. The zero-order chi connectivity index (χ0) is 33.6. The Morgan fingerprint density at radius 3 is 2.38 bits per heavy atom. The van der Waals surface area contributed by atoms with Crippen LogP contribution in [0.4, 0.5) is 10.1 Å². The number of nitrogens with zero attached hydrogens (tertiary/aromatic N) is 2. The van der Waals surface area contributed by atoms with Crippen molar-refractivity contribution in [3.8, 4) is 17.2 Å². The van der Waals surface area contributed by atoms with Gasteiger partial charge < -0.3 is 19.5 Å². The summed E-state index contributed by atoms with van der Waals surface area (Å²) in [6.07, 6.45) is -0.376. The number of amides is 1. The zero-order valence-corrected chi connectivity index (χ0v) is 27.5. The highest BCUT2D eigenvalue weighted by molar-refractivity contribution is 7.92. The third kappa shape index (κ3) is 8.88. The number of benzene rings is 4. The van der Waals surface area contributed by atoms with Gasteiger partial charge in [0.2, 0.25) is 5.91 Å². The van der Waals surface area contributed by atoms with Gasteiger partial charge in [0.25, 0.3) is 10.0 Å². The van der Waals surface area contributed by atoms with Crippen molar-refractivity contribution in [1.82, 2.24) is 9.80 Å². The molecule has 0 spiro atoms. The first kappa shape index (κ1) is 33.9. The van der Waals surface area contributed by atoms with Crippen LogP contribution in [0.5, 0.6) is 17.2 Å². The number of para-hydroxylation sites is 1. The van der Waals surface area contributed by atoms with Crippen molar-refractivity contribution in [3.05, 3.63) is 114 Å². The maximum atomic E-state index is 13.6. The molecule has 11 heteroatoms. The van der Waals surface area contributed by atoms with Crippen molar-refractivity contribution in [1.29, 1.82) is 0 Å². The van der Waals surface area contributed by atoms with Crippen LogP contribution in [-0.2, 0) is 27.8 Å². The minimum Gasteiger partial charge on any atom is -0.488 e. The van der Waals surface area contributed by atoms with Crippen molar-refractivity contribution in [3.63, 3.8) is 0 Å². The van der Waals surface area contributed by atoms with E-state index in [1.807, 2.05) is 68.6 Å². The highest BCUT2D eigenvalue weighted by Gasteiger charge is 2.31. The van der Waals surface area contributed by atoms with E-state index in [0.29, 0.717) is 30.9 Å². The van der Waals surface area contributed by atoms with E-state index in [1.54, 1.807) is 30.0 Å². The number of fused-ring (bicyclic) bond motifs is 1. The Balaban J connectivity index is 1.34. The summed E-state index contributed by atoms with van der Waals surface area (Å²) in [4.78, 5) is 17.3. The third-order valence-corrected chi connectivity index (χ3v) is 9.54. The number of halogens is 1. The second-order valence-corrected chi connectivity index (χ2v) is 13.7. The number of rotatable bonds is 11. The van der Waals surface area contributed by atoms with Gasteiger partial charge in [0, 0.05) is 36.8 Å². The quantitative estimate of drug-likeness (QED) is 0.212. The number of aliphatic hydroxyl groups is 1. The fourth-order valence-corrected chi connectivity index (χ4v) is 6.56. The standard InChI is InChI=1S/C36H40FN3O6S/c1-25-21-40(26(2)24-41)36(42)20-28-19-30(38-47(43,44)33-16-11-29(37)12-17-33)13-18-34(28)46-35(25)23-39(3)22-27-9-14-32(15-10-27)45-31-7-5-4-6-8-31/h4-19,25-26,35,38,41H,20-24H2,1-3H3/t25-,26+,35-/m0/s1. The number of aliphatic hydroxyl groups excluding tert-OH is 1. The van der Waals surface area contributed by atoms with Crippen LogP contribution < -0.4 is 14.2 Å². The van der Waals surface area contributed by atoms with E-state index < -0.39 is 21.9 Å². The lowest BCUT2D eigenvalue weighted by molar-refractivity contribution is -0.134. The Hall–Kier alpha value is -4.45. The van der Waals surface area contributed by atoms with E-state index in [4.69, 9.17) is 9.47 Å². The van der Waals surface area contributed by atoms with Crippen molar-refractivity contribution in [2.45, 2.75) is 43.9 Å². The molecule has 0 radical (unpaired) electrons. The minimum absolute atomic E-state index is 0.0432. The summed E-state index contributed by atoms with van der Waals surface area (Å²) in [7, 11) is -2.00. The molecular weight excluding hydrogens is 621 g/mol. The monoisotopic (exact) mass is 661 g/mol. The molecule has 4 aromatic rings. The van der Waals surface area contributed by atoms with Gasteiger partial charge >= 0.3 is 0 Å². The summed E-state index contributed by atoms with van der Waals surface area (Å²) in [5.41, 5.74) is 1.85. The van der Waals surface area contributed by atoms with E-state index in [1.165, 1.54) is 12.1 Å². The highest BCUT2D eigenvalue weighted by Crippen LogP contribution is 2.30. The van der Waals surface area contributed by atoms with Gasteiger partial charge in [0.1, 0.15) is 29.2 Å². The fourth-order valence-electron chi connectivity index (χ4n) is 5.51. The number of anilines is 1. The Morgan fingerprint density at radius 1 is 1.02 bits per heavy atom. The largest absolute Gasteiger partial charge is 0.488 e. The number of carbonyl (C=O) groups excluding carboxylic acids is 1. The molecule has 0 saturated heterocycles. The molecular formula is C36H40FN3O6S. The van der Waals surface area contributed by atoms with E-state index in [-0.39, 0.29) is 41.5 Å². The van der Waals surface area contributed by atoms with Gasteiger partial charge in [-0.3, -0.25) is 14.4 Å². The van der Waals surface area contributed by atoms with Gasteiger partial charge in [0.15, 0.2) is 0 Å². The van der Waals surface area contributed by atoms with Gasteiger partial charge in [-0.1, -0.05) is 37.3 Å². The lowest BCUT2D eigenvalue weighted by atomic mass is 10.0. The molecule has 248 valence electrons. The number of ether oxygens (including phenoxy) is 2. The van der Waals surface area contributed by atoms with Crippen LogP contribution in [0, 0.1) is 11.7 Å². The van der Waals surface area contributed by atoms with Crippen LogP contribution in [0.1, 0.15) is 25.0 Å². The molecule has 0 aliphatic carbocycles. The minimum atomic E-state index is -4.01. The maximum Gasteiger partial charge on any atom is 0.261 e. The molecule has 4 aromatic carbocycles. The summed E-state index contributed by atoms with van der Waals surface area (Å²) in [6.45, 7) is 5.18. The first-order chi connectivity index (χ1) is 22.5.